The van der Waals surface area contributed by atoms with Gasteiger partial charge in [-0.05, 0) is 42.8 Å². The molecule has 108 valence electrons. The number of anilines is 1. The zero-order chi connectivity index (χ0) is 15.6. The van der Waals surface area contributed by atoms with Crippen LogP contribution in [0.25, 0.3) is 0 Å². The molecule has 0 saturated heterocycles. The number of hydrogen-bond donors (Lipinski definition) is 1. The third-order valence-electron chi connectivity index (χ3n) is 2.78. The normalized spacial score (nSPS) is 11.0. The summed E-state index contributed by atoms with van der Waals surface area (Å²) in [6, 6.07) is 10.8. The Balaban J connectivity index is 2.43. The molecule has 0 aliphatic rings. The number of nitrogens with one attached hydrogen (secondary N) is 1. The van der Waals surface area contributed by atoms with Crippen LogP contribution in [0.3, 0.4) is 0 Å². The lowest BCUT2D eigenvalue weighted by Crippen LogP contribution is -2.14. The summed E-state index contributed by atoms with van der Waals surface area (Å²) in [5, 5.41) is 9.46. The van der Waals surface area contributed by atoms with Crippen LogP contribution in [0, 0.1) is 18.3 Å². The van der Waals surface area contributed by atoms with Crippen molar-refractivity contribution in [1.82, 2.24) is 0 Å². The van der Waals surface area contributed by atoms with Crippen LogP contribution in [0.4, 0.5) is 5.69 Å². The van der Waals surface area contributed by atoms with Crippen molar-refractivity contribution in [1.29, 1.82) is 5.26 Å². The Morgan fingerprint density at radius 2 is 1.81 bits per heavy atom. The van der Waals surface area contributed by atoms with Gasteiger partial charge in [0.05, 0.1) is 32.3 Å². The third-order valence-corrected chi connectivity index (χ3v) is 5.04. The molecule has 2 rings (SSSR count). The summed E-state index contributed by atoms with van der Waals surface area (Å²) in [5.74, 6) is 0. The topological polar surface area (TPSA) is 70.0 Å². The van der Waals surface area contributed by atoms with Crippen molar-refractivity contribution in [2.75, 3.05) is 4.72 Å². The van der Waals surface area contributed by atoms with Gasteiger partial charge in [-0.15, -0.1) is 0 Å². The second-order valence-corrected chi connectivity index (χ2v) is 6.79. The van der Waals surface area contributed by atoms with Crippen molar-refractivity contribution in [3.63, 3.8) is 0 Å². The summed E-state index contributed by atoms with van der Waals surface area (Å²) >= 11 is 11.6. The fraction of sp³-hybridized carbons (Fsp3) is 0.0714. The summed E-state index contributed by atoms with van der Waals surface area (Å²) in [7, 11) is -3.81. The first-order valence-corrected chi connectivity index (χ1v) is 8.06. The first kappa shape index (κ1) is 15.6. The van der Waals surface area contributed by atoms with Crippen LogP contribution in [0.15, 0.2) is 41.3 Å². The van der Waals surface area contributed by atoms with Gasteiger partial charge in [0, 0.05) is 0 Å². The van der Waals surface area contributed by atoms with Gasteiger partial charge < -0.3 is 0 Å². The second-order valence-electron chi connectivity index (χ2n) is 4.33. The van der Waals surface area contributed by atoms with E-state index in [1.807, 2.05) is 6.07 Å². The molecule has 0 bridgehead atoms. The molecule has 1 N–H and O–H groups in total. The van der Waals surface area contributed by atoms with E-state index in [0.717, 1.165) is 0 Å². The molecule has 2 aromatic rings. The van der Waals surface area contributed by atoms with Gasteiger partial charge in [-0.2, -0.15) is 5.26 Å². The number of benzene rings is 2. The number of sulfonamides is 1. The molecule has 0 heterocycles. The lowest BCUT2D eigenvalue weighted by atomic mass is 10.2. The van der Waals surface area contributed by atoms with Crippen LogP contribution in [-0.2, 0) is 10.0 Å². The van der Waals surface area contributed by atoms with Crippen molar-refractivity contribution in [2.24, 2.45) is 0 Å². The molecule has 0 amide bonds. The molecule has 21 heavy (non-hydrogen) atoms. The first-order chi connectivity index (χ1) is 9.83. The fourth-order valence-corrected chi connectivity index (χ4v) is 3.35. The van der Waals surface area contributed by atoms with Gasteiger partial charge in [0.1, 0.15) is 0 Å². The van der Waals surface area contributed by atoms with Gasteiger partial charge in [-0.1, -0.05) is 29.3 Å². The number of halogens is 2. The van der Waals surface area contributed by atoms with Gasteiger partial charge in [-0.25, -0.2) is 8.42 Å². The molecule has 0 unspecified atom stereocenters. The zero-order valence-corrected chi connectivity index (χ0v) is 13.2. The molecule has 0 aliphatic heterocycles. The maximum atomic E-state index is 12.4. The van der Waals surface area contributed by atoms with E-state index in [4.69, 9.17) is 28.5 Å². The van der Waals surface area contributed by atoms with E-state index in [0.29, 0.717) is 16.3 Å². The molecule has 0 fully saturated rings. The van der Waals surface area contributed by atoms with Crippen LogP contribution in [0.2, 0.25) is 10.0 Å². The number of rotatable bonds is 3. The van der Waals surface area contributed by atoms with Crippen molar-refractivity contribution in [3.8, 4) is 6.07 Å². The highest BCUT2D eigenvalue weighted by Crippen LogP contribution is 2.27. The largest absolute Gasteiger partial charge is 0.280 e. The lowest BCUT2D eigenvalue weighted by molar-refractivity contribution is 0.600. The minimum Gasteiger partial charge on any atom is -0.280 e. The molecule has 2 aromatic carbocycles. The number of nitriles is 1. The molecule has 0 saturated carbocycles. The highest BCUT2D eigenvalue weighted by Gasteiger charge is 2.18. The Kier molecular flexibility index (Phi) is 4.43. The summed E-state index contributed by atoms with van der Waals surface area (Å²) < 4.78 is 27.2. The highest BCUT2D eigenvalue weighted by molar-refractivity contribution is 7.92. The molecule has 0 spiro atoms. The predicted octanol–water partition coefficient (Wildman–Crippen LogP) is 3.97. The van der Waals surface area contributed by atoms with Crippen LogP contribution in [-0.4, -0.2) is 8.42 Å². The average Bonchev–Trinajstić information content (AvgIpc) is 2.43. The summed E-state index contributed by atoms with van der Waals surface area (Å²) in [6.07, 6.45) is 0. The number of hydrogen-bond acceptors (Lipinski definition) is 3. The van der Waals surface area contributed by atoms with Gasteiger partial charge in [-0.3, -0.25) is 4.72 Å². The Morgan fingerprint density at radius 3 is 2.43 bits per heavy atom. The van der Waals surface area contributed by atoms with Crippen molar-refractivity contribution >= 4 is 38.9 Å². The summed E-state index contributed by atoms with van der Waals surface area (Å²) in [5.41, 5.74) is 1.11. The van der Waals surface area contributed by atoms with Crippen molar-refractivity contribution in [2.45, 2.75) is 11.8 Å². The van der Waals surface area contributed by atoms with Gasteiger partial charge >= 0.3 is 0 Å². The van der Waals surface area contributed by atoms with E-state index in [1.54, 1.807) is 19.1 Å². The molecule has 7 heteroatoms. The van der Waals surface area contributed by atoms with Gasteiger partial charge in [0.15, 0.2) is 0 Å². The molecule has 0 aromatic heterocycles. The SMILES string of the molecule is Cc1ccc(C#N)cc1S(=O)(=O)Nc1ccc(Cl)c(Cl)c1. The minimum atomic E-state index is -3.81. The van der Waals surface area contributed by atoms with Gasteiger partial charge in [0.2, 0.25) is 0 Å². The van der Waals surface area contributed by atoms with E-state index < -0.39 is 10.0 Å². The maximum Gasteiger partial charge on any atom is 0.262 e. The smallest absolute Gasteiger partial charge is 0.262 e. The monoisotopic (exact) mass is 340 g/mol. The minimum absolute atomic E-state index is 0.0487. The highest BCUT2D eigenvalue weighted by atomic mass is 35.5. The Labute approximate surface area is 133 Å². The predicted molar refractivity (Wildman–Crippen MR) is 83.2 cm³/mol. The van der Waals surface area contributed by atoms with Crippen LogP contribution >= 0.6 is 23.2 Å². The van der Waals surface area contributed by atoms with Crippen LogP contribution < -0.4 is 4.72 Å². The number of aryl methyl sites for hydroxylation is 1. The van der Waals surface area contributed by atoms with E-state index in [9.17, 15) is 8.42 Å². The van der Waals surface area contributed by atoms with E-state index in [2.05, 4.69) is 4.72 Å². The quantitative estimate of drug-likeness (QED) is 0.918. The fourth-order valence-electron chi connectivity index (χ4n) is 1.73. The van der Waals surface area contributed by atoms with Crippen LogP contribution in [0.1, 0.15) is 11.1 Å². The number of nitrogens with zero attached hydrogens (tertiary/aromatic N) is 1. The van der Waals surface area contributed by atoms with E-state index >= 15 is 0 Å². The van der Waals surface area contributed by atoms with Gasteiger partial charge in [0.25, 0.3) is 10.0 Å². The van der Waals surface area contributed by atoms with Crippen molar-refractivity contribution < 1.29 is 8.42 Å². The first-order valence-electron chi connectivity index (χ1n) is 5.82. The zero-order valence-electron chi connectivity index (χ0n) is 10.9. The van der Waals surface area contributed by atoms with Crippen LogP contribution in [0.5, 0.6) is 0 Å². The lowest BCUT2D eigenvalue weighted by Gasteiger charge is -2.11. The van der Waals surface area contributed by atoms with Crippen molar-refractivity contribution in [3.05, 3.63) is 57.6 Å². The Morgan fingerprint density at radius 1 is 1.10 bits per heavy atom. The Bertz CT molecular complexity index is 843. The summed E-state index contributed by atoms with van der Waals surface area (Å²) in [4.78, 5) is 0.0487. The molecule has 0 aliphatic carbocycles. The summed E-state index contributed by atoms with van der Waals surface area (Å²) in [6.45, 7) is 1.66. The molecule has 0 atom stereocenters. The Hall–Kier alpha value is -1.74. The van der Waals surface area contributed by atoms with E-state index in [-0.39, 0.29) is 15.5 Å². The average molecular weight is 341 g/mol. The molecular formula is C14H10Cl2N2O2S. The second kappa shape index (κ2) is 5.94. The molecule has 0 radical (unpaired) electrons. The molecule has 4 nitrogen and oxygen atoms in total. The third kappa shape index (κ3) is 3.48. The maximum absolute atomic E-state index is 12.4. The van der Waals surface area contributed by atoms with E-state index in [1.165, 1.54) is 24.3 Å². The molecular weight excluding hydrogens is 331 g/mol. The standard InChI is InChI=1S/C14H10Cl2N2O2S/c1-9-2-3-10(8-17)6-14(9)21(19,20)18-11-4-5-12(15)13(16)7-11/h2-7,18H,1H3.